The summed E-state index contributed by atoms with van der Waals surface area (Å²) in [5, 5.41) is 0. The molecule has 0 amide bonds. The van der Waals surface area contributed by atoms with E-state index in [0.29, 0.717) is 0 Å². The van der Waals surface area contributed by atoms with Crippen LogP contribution in [-0.4, -0.2) is 7.11 Å². The third-order valence-electron chi connectivity index (χ3n) is 2.41. The lowest BCUT2D eigenvalue weighted by molar-refractivity contribution is 0.414. The van der Waals surface area contributed by atoms with E-state index in [4.69, 9.17) is 4.74 Å². The molecule has 76 valence electrons. The number of allylic oxidation sites excluding steroid dienone is 1. The normalized spacial score (nSPS) is 9.86. The first-order valence-corrected chi connectivity index (χ1v) is 5.08. The predicted octanol–water partition coefficient (Wildman–Crippen LogP) is 3.38. The lowest BCUT2D eigenvalue weighted by Crippen LogP contribution is -1.94. The number of aryl methyl sites for hydroxylation is 2. The first kappa shape index (κ1) is 10.8. The zero-order valence-corrected chi connectivity index (χ0v) is 9.05. The Morgan fingerprint density at radius 1 is 1.36 bits per heavy atom. The van der Waals surface area contributed by atoms with E-state index in [9.17, 15) is 0 Å². The molecule has 1 heteroatoms. The van der Waals surface area contributed by atoms with E-state index in [0.717, 1.165) is 25.0 Å². The second-order valence-electron chi connectivity index (χ2n) is 3.32. The van der Waals surface area contributed by atoms with Crippen LogP contribution in [0, 0.1) is 0 Å². The van der Waals surface area contributed by atoms with Gasteiger partial charge >= 0.3 is 0 Å². The molecule has 0 aromatic heterocycles. The van der Waals surface area contributed by atoms with E-state index in [1.54, 1.807) is 7.11 Å². The fourth-order valence-electron chi connectivity index (χ4n) is 1.56. The van der Waals surface area contributed by atoms with Gasteiger partial charge in [0.25, 0.3) is 0 Å². The molecule has 0 spiro atoms. The van der Waals surface area contributed by atoms with E-state index < -0.39 is 0 Å². The van der Waals surface area contributed by atoms with E-state index in [2.05, 4.69) is 25.6 Å². The quantitative estimate of drug-likeness (QED) is 0.647. The maximum absolute atomic E-state index is 5.20. The summed E-state index contributed by atoms with van der Waals surface area (Å²) in [4.78, 5) is 0. The van der Waals surface area contributed by atoms with Crippen molar-refractivity contribution in [2.45, 2.75) is 26.2 Å². The molecule has 0 unspecified atom stereocenters. The summed E-state index contributed by atoms with van der Waals surface area (Å²) in [5.74, 6) is 0.948. The molecular weight excluding hydrogens is 172 g/mol. The van der Waals surface area contributed by atoms with E-state index in [-0.39, 0.29) is 0 Å². The van der Waals surface area contributed by atoms with Gasteiger partial charge in [-0.1, -0.05) is 19.1 Å². The third-order valence-corrected chi connectivity index (χ3v) is 2.41. The standard InChI is InChI=1S/C13H18O/c1-4-6-7-12-8-9-13(14-3)10-11(12)5-2/h4,8-10H,1,5-7H2,2-3H3. The topological polar surface area (TPSA) is 9.23 Å². The molecule has 0 atom stereocenters. The Hall–Kier alpha value is -1.24. The van der Waals surface area contributed by atoms with Crippen LogP contribution in [0.4, 0.5) is 0 Å². The minimum absolute atomic E-state index is 0.948. The predicted molar refractivity (Wildman–Crippen MR) is 60.9 cm³/mol. The van der Waals surface area contributed by atoms with Crippen molar-refractivity contribution < 1.29 is 4.74 Å². The monoisotopic (exact) mass is 190 g/mol. The third kappa shape index (κ3) is 2.63. The van der Waals surface area contributed by atoms with Gasteiger partial charge in [0.1, 0.15) is 5.75 Å². The molecule has 1 aromatic rings. The van der Waals surface area contributed by atoms with Crippen LogP contribution in [0.2, 0.25) is 0 Å². The zero-order valence-electron chi connectivity index (χ0n) is 9.05. The van der Waals surface area contributed by atoms with Crippen LogP contribution < -0.4 is 4.74 Å². The number of hydrogen-bond acceptors (Lipinski definition) is 1. The molecule has 0 saturated carbocycles. The van der Waals surface area contributed by atoms with Crippen LogP contribution in [0.5, 0.6) is 5.75 Å². The van der Waals surface area contributed by atoms with Crippen molar-refractivity contribution in [2.24, 2.45) is 0 Å². The number of hydrogen-bond donors (Lipinski definition) is 0. The van der Waals surface area contributed by atoms with Crippen molar-refractivity contribution in [1.82, 2.24) is 0 Å². The lowest BCUT2D eigenvalue weighted by atomic mass is 10.0. The zero-order chi connectivity index (χ0) is 10.4. The highest BCUT2D eigenvalue weighted by atomic mass is 16.5. The Bertz CT molecular complexity index is 302. The summed E-state index contributed by atoms with van der Waals surface area (Å²) in [6.07, 6.45) is 5.14. The summed E-state index contributed by atoms with van der Waals surface area (Å²) in [6, 6.07) is 6.30. The highest BCUT2D eigenvalue weighted by Crippen LogP contribution is 2.19. The van der Waals surface area contributed by atoms with Gasteiger partial charge in [0, 0.05) is 0 Å². The van der Waals surface area contributed by atoms with Crippen molar-refractivity contribution in [1.29, 1.82) is 0 Å². The second kappa shape index (κ2) is 5.48. The number of benzene rings is 1. The summed E-state index contributed by atoms with van der Waals surface area (Å²) in [6.45, 7) is 5.91. The van der Waals surface area contributed by atoms with Crippen molar-refractivity contribution in [2.75, 3.05) is 7.11 Å². The van der Waals surface area contributed by atoms with Crippen molar-refractivity contribution >= 4 is 0 Å². The van der Waals surface area contributed by atoms with Crippen LogP contribution in [-0.2, 0) is 12.8 Å². The molecule has 0 radical (unpaired) electrons. The first-order valence-electron chi connectivity index (χ1n) is 5.08. The highest BCUT2D eigenvalue weighted by molar-refractivity contribution is 5.35. The van der Waals surface area contributed by atoms with Crippen LogP contribution in [0.25, 0.3) is 0 Å². The van der Waals surface area contributed by atoms with Gasteiger partial charge in [0.05, 0.1) is 7.11 Å². The first-order chi connectivity index (χ1) is 6.81. The summed E-state index contributed by atoms with van der Waals surface area (Å²) < 4.78 is 5.20. The van der Waals surface area contributed by atoms with Crippen LogP contribution in [0.15, 0.2) is 30.9 Å². The number of methoxy groups -OCH3 is 1. The van der Waals surface area contributed by atoms with Crippen LogP contribution in [0.1, 0.15) is 24.5 Å². The Balaban J connectivity index is 2.87. The fraction of sp³-hybridized carbons (Fsp3) is 0.385. The molecule has 1 nitrogen and oxygen atoms in total. The molecule has 14 heavy (non-hydrogen) atoms. The van der Waals surface area contributed by atoms with Gasteiger partial charge in [0.2, 0.25) is 0 Å². The van der Waals surface area contributed by atoms with Gasteiger partial charge in [-0.25, -0.2) is 0 Å². The smallest absolute Gasteiger partial charge is 0.119 e. The van der Waals surface area contributed by atoms with E-state index >= 15 is 0 Å². The highest BCUT2D eigenvalue weighted by Gasteiger charge is 2.01. The number of rotatable bonds is 5. The molecular formula is C13H18O. The van der Waals surface area contributed by atoms with Crippen molar-refractivity contribution in [3.05, 3.63) is 42.0 Å². The maximum atomic E-state index is 5.20. The van der Waals surface area contributed by atoms with Crippen LogP contribution in [0.3, 0.4) is 0 Å². The molecule has 0 N–H and O–H groups in total. The summed E-state index contributed by atoms with van der Waals surface area (Å²) >= 11 is 0. The molecule has 1 aromatic carbocycles. The fourth-order valence-corrected chi connectivity index (χ4v) is 1.56. The molecule has 0 fully saturated rings. The molecule has 0 saturated heterocycles. The summed E-state index contributed by atoms with van der Waals surface area (Å²) in [5.41, 5.74) is 2.79. The van der Waals surface area contributed by atoms with Gasteiger partial charge in [-0.2, -0.15) is 0 Å². The lowest BCUT2D eigenvalue weighted by Gasteiger charge is -2.08. The van der Waals surface area contributed by atoms with Gasteiger partial charge in [-0.3, -0.25) is 0 Å². The van der Waals surface area contributed by atoms with Gasteiger partial charge in [-0.15, -0.1) is 6.58 Å². The second-order valence-corrected chi connectivity index (χ2v) is 3.32. The SMILES string of the molecule is C=CCCc1ccc(OC)cc1CC. The number of ether oxygens (including phenoxy) is 1. The minimum Gasteiger partial charge on any atom is -0.497 e. The molecule has 1 rings (SSSR count). The molecule has 0 aliphatic rings. The average molecular weight is 190 g/mol. The van der Waals surface area contributed by atoms with Crippen molar-refractivity contribution in [3.63, 3.8) is 0 Å². The van der Waals surface area contributed by atoms with Crippen LogP contribution >= 0.6 is 0 Å². The molecule has 0 bridgehead atoms. The van der Waals surface area contributed by atoms with E-state index in [1.807, 2.05) is 12.1 Å². The van der Waals surface area contributed by atoms with E-state index in [1.165, 1.54) is 11.1 Å². The van der Waals surface area contributed by atoms with Crippen molar-refractivity contribution in [3.8, 4) is 5.75 Å². The Morgan fingerprint density at radius 3 is 2.71 bits per heavy atom. The molecule has 0 heterocycles. The maximum Gasteiger partial charge on any atom is 0.119 e. The molecule has 0 aliphatic carbocycles. The Kier molecular flexibility index (Phi) is 4.24. The minimum atomic E-state index is 0.948. The Labute approximate surface area is 86.4 Å². The van der Waals surface area contributed by atoms with Gasteiger partial charge in [0.15, 0.2) is 0 Å². The Morgan fingerprint density at radius 2 is 2.14 bits per heavy atom. The van der Waals surface area contributed by atoms with Gasteiger partial charge < -0.3 is 4.74 Å². The van der Waals surface area contributed by atoms with Gasteiger partial charge in [-0.05, 0) is 42.5 Å². The molecule has 0 aliphatic heterocycles. The average Bonchev–Trinajstić information content (AvgIpc) is 2.26. The largest absolute Gasteiger partial charge is 0.497 e. The summed E-state index contributed by atoms with van der Waals surface area (Å²) in [7, 11) is 1.71.